The molecule has 0 aliphatic heterocycles. The van der Waals surface area contributed by atoms with Crippen LogP contribution in [0.1, 0.15) is 27.2 Å². The minimum atomic E-state index is -0.915. The van der Waals surface area contributed by atoms with Gasteiger partial charge in [0.25, 0.3) is 0 Å². The lowest BCUT2D eigenvalue weighted by Gasteiger charge is -1.93. The number of esters is 1. The molecule has 0 atom stereocenters. The van der Waals surface area contributed by atoms with Crippen molar-refractivity contribution in [1.82, 2.24) is 0 Å². The molecule has 0 bridgehead atoms. The van der Waals surface area contributed by atoms with E-state index in [0.717, 1.165) is 6.42 Å². The number of rotatable bonds is 5. The fourth-order valence-corrected chi connectivity index (χ4v) is 0.435. The first-order valence-electron chi connectivity index (χ1n) is 4.47. The van der Waals surface area contributed by atoms with Crippen molar-refractivity contribution in [1.29, 1.82) is 0 Å². The third-order valence-electron chi connectivity index (χ3n) is 0.939. The zero-order valence-electron chi connectivity index (χ0n) is 8.91. The first-order valence-corrected chi connectivity index (χ1v) is 4.47. The normalized spacial score (nSPS) is 8.50. The Morgan fingerprint density at radius 3 is 2.00 bits per heavy atom. The van der Waals surface area contributed by atoms with Crippen LogP contribution in [0, 0.1) is 0 Å². The second-order valence-corrected chi connectivity index (χ2v) is 2.37. The van der Waals surface area contributed by atoms with E-state index in [1.165, 1.54) is 6.92 Å². The maximum absolute atomic E-state index is 9.98. The summed E-state index contributed by atoms with van der Waals surface area (Å²) in [6.07, 6.45) is 0.902. The SMILES string of the molecule is CCCOC(C)=O.CCOCC(=O)O. The molecular formula is C9H18O5. The maximum Gasteiger partial charge on any atom is 0.329 e. The van der Waals surface area contributed by atoms with Gasteiger partial charge in [0.05, 0.1) is 6.61 Å². The Balaban J connectivity index is 0. The van der Waals surface area contributed by atoms with E-state index in [4.69, 9.17) is 5.11 Å². The van der Waals surface area contributed by atoms with Crippen LogP contribution in [-0.2, 0) is 19.1 Å². The fraction of sp³-hybridized carbons (Fsp3) is 0.778. The van der Waals surface area contributed by atoms with Crippen molar-refractivity contribution in [2.75, 3.05) is 19.8 Å². The van der Waals surface area contributed by atoms with E-state index in [9.17, 15) is 9.59 Å². The van der Waals surface area contributed by atoms with E-state index in [-0.39, 0.29) is 12.6 Å². The number of carboxylic acids is 1. The molecular weight excluding hydrogens is 188 g/mol. The van der Waals surface area contributed by atoms with Crippen molar-refractivity contribution < 1.29 is 24.2 Å². The van der Waals surface area contributed by atoms with Crippen LogP contribution in [0.25, 0.3) is 0 Å². The Bertz CT molecular complexity index is 137. The van der Waals surface area contributed by atoms with Crippen LogP contribution in [0.3, 0.4) is 0 Å². The van der Waals surface area contributed by atoms with Gasteiger partial charge in [-0.05, 0) is 13.3 Å². The molecule has 1 N–H and O–H groups in total. The maximum atomic E-state index is 9.98. The van der Waals surface area contributed by atoms with Gasteiger partial charge < -0.3 is 14.6 Å². The summed E-state index contributed by atoms with van der Waals surface area (Å²) in [5, 5.41) is 7.92. The zero-order valence-corrected chi connectivity index (χ0v) is 8.91. The van der Waals surface area contributed by atoms with Gasteiger partial charge in [-0.15, -0.1) is 0 Å². The number of hydrogen-bond acceptors (Lipinski definition) is 4. The number of carbonyl (C=O) groups excluding carboxylic acids is 1. The van der Waals surface area contributed by atoms with Crippen LogP contribution in [0.15, 0.2) is 0 Å². The average Bonchev–Trinajstić information content (AvgIpc) is 2.12. The Hall–Kier alpha value is -1.10. The van der Waals surface area contributed by atoms with E-state index >= 15 is 0 Å². The molecule has 0 fully saturated rings. The molecule has 0 rings (SSSR count). The lowest BCUT2D eigenvalue weighted by atomic mass is 10.5. The van der Waals surface area contributed by atoms with Gasteiger partial charge in [-0.1, -0.05) is 6.92 Å². The van der Waals surface area contributed by atoms with Crippen LogP contribution in [-0.4, -0.2) is 36.9 Å². The van der Waals surface area contributed by atoms with Gasteiger partial charge in [-0.25, -0.2) is 4.79 Å². The molecule has 0 spiro atoms. The van der Waals surface area contributed by atoms with E-state index in [1.807, 2.05) is 6.92 Å². The summed E-state index contributed by atoms with van der Waals surface area (Å²) in [6.45, 7) is 5.96. The zero-order chi connectivity index (χ0) is 11.4. The monoisotopic (exact) mass is 206 g/mol. The third-order valence-corrected chi connectivity index (χ3v) is 0.939. The van der Waals surface area contributed by atoms with E-state index in [1.54, 1.807) is 6.92 Å². The summed E-state index contributed by atoms with van der Waals surface area (Å²) in [5.41, 5.74) is 0. The smallest absolute Gasteiger partial charge is 0.329 e. The molecule has 0 heterocycles. The third kappa shape index (κ3) is 22.4. The summed E-state index contributed by atoms with van der Waals surface area (Å²) in [7, 11) is 0. The number of carbonyl (C=O) groups is 2. The first kappa shape index (κ1) is 15.4. The highest BCUT2D eigenvalue weighted by Crippen LogP contribution is 1.78. The van der Waals surface area contributed by atoms with Crippen molar-refractivity contribution in [3.63, 3.8) is 0 Å². The molecule has 14 heavy (non-hydrogen) atoms. The lowest BCUT2D eigenvalue weighted by molar-refractivity contribution is -0.142. The predicted molar refractivity (Wildman–Crippen MR) is 51.1 cm³/mol. The standard InChI is InChI=1S/C5H10O2.C4H8O3/c1-3-4-7-5(2)6;1-2-7-3-4(5)6/h3-4H2,1-2H3;2-3H2,1H3,(H,5,6). The van der Waals surface area contributed by atoms with Crippen molar-refractivity contribution in [3.8, 4) is 0 Å². The molecule has 0 aliphatic rings. The molecule has 5 heteroatoms. The minimum Gasteiger partial charge on any atom is -0.480 e. The molecule has 0 unspecified atom stereocenters. The summed E-state index contributed by atoms with van der Waals surface area (Å²) in [6, 6.07) is 0. The Labute approximate surface area is 84.0 Å². The van der Waals surface area contributed by atoms with Crippen LogP contribution in [0.4, 0.5) is 0 Å². The van der Waals surface area contributed by atoms with Crippen LogP contribution in [0.2, 0.25) is 0 Å². The molecule has 0 aliphatic carbocycles. The summed E-state index contributed by atoms with van der Waals surface area (Å²) < 4.78 is 9.05. The predicted octanol–water partition coefficient (Wildman–Crippen LogP) is 1.07. The van der Waals surface area contributed by atoms with Crippen LogP contribution >= 0.6 is 0 Å². The van der Waals surface area contributed by atoms with Crippen molar-refractivity contribution >= 4 is 11.9 Å². The highest BCUT2D eigenvalue weighted by Gasteiger charge is 1.90. The second-order valence-electron chi connectivity index (χ2n) is 2.37. The average molecular weight is 206 g/mol. The van der Waals surface area contributed by atoms with Gasteiger partial charge in [0.1, 0.15) is 6.61 Å². The lowest BCUT2D eigenvalue weighted by Crippen LogP contribution is -2.05. The Morgan fingerprint density at radius 1 is 1.29 bits per heavy atom. The topological polar surface area (TPSA) is 72.8 Å². The van der Waals surface area contributed by atoms with Crippen molar-refractivity contribution in [3.05, 3.63) is 0 Å². The molecule has 0 saturated carbocycles. The molecule has 0 amide bonds. The quantitative estimate of drug-likeness (QED) is 0.681. The Kier molecular flexibility index (Phi) is 13.1. The highest BCUT2D eigenvalue weighted by molar-refractivity contribution is 5.67. The molecule has 5 nitrogen and oxygen atoms in total. The number of carboxylic acid groups (broad SMARTS) is 1. The number of ether oxygens (including phenoxy) is 2. The molecule has 0 aromatic rings. The van der Waals surface area contributed by atoms with Gasteiger partial charge in [0, 0.05) is 13.5 Å². The van der Waals surface area contributed by atoms with Crippen LogP contribution < -0.4 is 0 Å². The van der Waals surface area contributed by atoms with Gasteiger partial charge in [0.15, 0.2) is 0 Å². The minimum absolute atomic E-state index is 0.184. The van der Waals surface area contributed by atoms with Gasteiger partial charge in [-0.2, -0.15) is 0 Å². The van der Waals surface area contributed by atoms with Crippen molar-refractivity contribution in [2.45, 2.75) is 27.2 Å². The first-order chi connectivity index (χ1) is 6.54. The van der Waals surface area contributed by atoms with E-state index < -0.39 is 5.97 Å². The molecule has 0 saturated heterocycles. The van der Waals surface area contributed by atoms with Crippen LogP contribution in [0.5, 0.6) is 0 Å². The molecule has 0 radical (unpaired) electrons. The van der Waals surface area contributed by atoms with Gasteiger partial charge >= 0.3 is 11.9 Å². The fourth-order valence-electron chi connectivity index (χ4n) is 0.435. The largest absolute Gasteiger partial charge is 0.480 e. The summed E-state index contributed by atoms with van der Waals surface area (Å²) >= 11 is 0. The van der Waals surface area contributed by atoms with E-state index in [2.05, 4.69) is 9.47 Å². The Morgan fingerprint density at radius 2 is 1.86 bits per heavy atom. The van der Waals surface area contributed by atoms with E-state index in [0.29, 0.717) is 13.2 Å². The summed E-state index contributed by atoms with van der Waals surface area (Å²) in [5.74, 6) is -1.11. The number of hydrogen-bond donors (Lipinski definition) is 1. The molecule has 0 aromatic carbocycles. The molecule has 0 aromatic heterocycles. The highest BCUT2D eigenvalue weighted by atomic mass is 16.5. The summed E-state index contributed by atoms with van der Waals surface area (Å²) in [4.78, 5) is 19.6. The molecule has 84 valence electrons. The van der Waals surface area contributed by atoms with Crippen molar-refractivity contribution in [2.24, 2.45) is 0 Å². The second kappa shape index (κ2) is 11.9. The van der Waals surface area contributed by atoms with Gasteiger partial charge in [0.2, 0.25) is 0 Å². The van der Waals surface area contributed by atoms with Gasteiger partial charge in [-0.3, -0.25) is 4.79 Å². The number of aliphatic carboxylic acids is 1.